The van der Waals surface area contributed by atoms with Crippen molar-refractivity contribution in [2.45, 2.75) is 118 Å². The summed E-state index contributed by atoms with van der Waals surface area (Å²) in [5.74, 6) is 0. The predicted octanol–water partition coefficient (Wildman–Crippen LogP) is 16.8. The molecule has 6 aromatic carbocycles. The second-order valence-corrected chi connectivity index (χ2v) is 21.9. The fourth-order valence-electron chi connectivity index (χ4n) is 8.09. The standard InChI is InChI=1S/C29H41.C21H12Cl2.C5H5.2ClH.Zr/c1-26(2,3)22-14-18-13-19-15-23(27(4,5)6)25(29(10,11)12)17-21(19)20(18)16-24(22)28(7,8)9;22-20-11-3-7-16-14(5-1-9-18(16)20)13-15-6-2-10-19-17(15)8-4-12-21(19)23;1-2-4-5-3-1;;;/h14,16-17H,13H2,1-12H3;1-12H;1-3H,4H2;2*1H;/q-1;;-1;;;+2. The summed E-state index contributed by atoms with van der Waals surface area (Å²) in [5, 5.41) is 6.15. The Hall–Kier alpha value is -2.77. The topological polar surface area (TPSA) is 0 Å². The van der Waals surface area contributed by atoms with Crippen molar-refractivity contribution >= 4 is 72.8 Å². The molecule has 0 saturated heterocycles. The van der Waals surface area contributed by atoms with Gasteiger partial charge in [0.05, 0.1) is 0 Å². The van der Waals surface area contributed by atoms with E-state index in [4.69, 9.17) is 23.2 Å². The molecule has 2 aliphatic carbocycles. The molecular formula is C55H60Cl4Zr. The quantitative estimate of drug-likeness (QED) is 0.152. The Morgan fingerprint density at radius 3 is 1.42 bits per heavy atom. The van der Waals surface area contributed by atoms with Gasteiger partial charge in [0, 0.05) is 0 Å². The summed E-state index contributed by atoms with van der Waals surface area (Å²) < 4.78 is 1.31. The van der Waals surface area contributed by atoms with Gasteiger partial charge in [0.15, 0.2) is 0 Å². The van der Waals surface area contributed by atoms with Crippen LogP contribution in [0.4, 0.5) is 0 Å². The van der Waals surface area contributed by atoms with Crippen molar-refractivity contribution in [3.05, 3.63) is 176 Å². The molecule has 0 fully saturated rings. The molecule has 0 saturated carbocycles. The average molecular weight is 954 g/mol. The molecule has 312 valence electrons. The zero-order valence-corrected chi connectivity index (χ0v) is 43.0. The largest absolute Gasteiger partial charge is 0.273 e. The molecule has 0 bridgehead atoms. The number of hydrogen-bond donors (Lipinski definition) is 0. The normalized spacial score (nSPS) is 13.1. The first-order valence-corrected chi connectivity index (χ1v) is 22.5. The van der Waals surface area contributed by atoms with Gasteiger partial charge < -0.3 is 0 Å². The summed E-state index contributed by atoms with van der Waals surface area (Å²) in [4.78, 5) is 0. The summed E-state index contributed by atoms with van der Waals surface area (Å²) in [6, 6.07) is 36.2. The summed E-state index contributed by atoms with van der Waals surface area (Å²) >= 11 is 14.1. The van der Waals surface area contributed by atoms with Crippen LogP contribution in [0.3, 0.4) is 0 Å². The predicted molar refractivity (Wildman–Crippen MR) is 266 cm³/mol. The molecule has 0 aliphatic heterocycles. The molecular weight excluding hydrogens is 894 g/mol. The summed E-state index contributed by atoms with van der Waals surface area (Å²) in [5.41, 5.74) is 14.4. The maximum Gasteiger partial charge on any atom is -0.109 e. The Bertz CT molecular complexity index is 2400. The van der Waals surface area contributed by atoms with E-state index in [2.05, 4.69) is 168 Å². The summed E-state index contributed by atoms with van der Waals surface area (Å²) in [6.07, 6.45) is 11.0. The average Bonchev–Trinajstić information content (AvgIpc) is 3.84. The second kappa shape index (κ2) is 19.3. The molecule has 5 heteroatoms. The van der Waals surface area contributed by atoms with Crippen molar-refractivity contribution in [3.8, 4) is 11.1 Å². The fraction of sp³-hybridized carbons (Fsp3) is 0.327. The summed E-state index contributed by atoms with van der Waals surface area (Å²) in [6.45, 7) is 28.0. The second-order valence-electron chi connectivity index (χ2n) is 19.8. The molecule has 0 aromatic heterocycles. The van der Waals surface area contributed by atoms with E-state index < -0.39 is 0 Å². The third kappa shape index (κ3) is 10.9. The maximum absolute atomic E-state index is 6.38. The SMILES string of the molecule is CC(C)(C)c1[c-]c2c(cc1C(C)(C)C)-c1cc(C(C)(C)C)c(C(C)(C)C)cc1C2.Cl.Cl.Clc1cccc2c([C](=[Zr+2])c3cccc4c(Cl)cccc34)cccc12.[C-]1=CC=CC1. The minimum absolute atomic E-state index is 0. The number of benzene rings is 6. The van der Waals surface area contributed by atoms with Gasteiger partial charge in [0.25, 0.3) is 0 Å². The number of hydrogen-bond acceptors (Lipinski definition) is 0. The van der Waals surface area contributed by atoms with Gasteiger partial charge >= 0.3 is 166 Å². The molecule has 8 rings (SSSR count). The third-order valence-electron chi connectivity index (χ3n) is 11.1. The van der Waals surface area contributed by atoms with Crippen LogP contribution < -0.4 is 0 Å². The fourth-order valence-corrected chi connectivity index (χ4v) is 9.64. The molecule has 0 unspecified atom stereocenters. The minimum Gasteiger partial charge on any atom is -0.273 e. The first kappa shape index (κ1) is 49.9. The molecule has 0 nitrogen and oxygen atoms in total. The van der Waals surface area contributed by atoms with Crippen molar-refractivity contribution < 1.29 is 24.2 Å². The van der Waals surface area contributed by atoms with Crippen molar-refractivity contribution in [3.63, 3.8) is 0 Å². The smallest absolute Gasteiger partial charge is 0.109 e. The van der Waals surface area contributed by atoms with Crippen LogP contribution in [0.5, 0.6) is 0 Å². The van der Waals surface area contributed by atoms with Crippen LogP contribution in [0, 0.1) is 12.1 Å². The van der Waals surface area contributed by atoms with E-state index >= 15 is 0 Å². The summed E-state index contributed by atoms with van der Waals surface area (Å²) in [7, 11) is 0. The van der Waals surface area contributed by atoms with E-state index in [9.17, 15) is 0 Å². The van der Waals surface area contributed by atoms with Crippen LogP contribution in [0.2, 0.25) is 10.0 Å². The van der Waals surface area contributed by atoms with Crippen molar-refractivity contribution in [1.82, 2.24) is 0 Å². The van der Waals surface area contributed by atoms with Crippen molar-refractivity contribution in [2.24, 2.45) is 0 Å². The van der Waals surface area contributed by atoms with E-state index in [1.807, 2.05) is 36.4 Å². The van der Waals surface area contributed by atoms with E-state index in [0.29, 0.717) is 0 Å². The molecule has 0 spiro atoms. The molecule has 6 aromatic rings. The van der Waals surface area contributed by atoms with E-state index in [1.165, 1.54) is 93.8 Å². The van der Waals surface area contributed by atoms with E-state index in [-0.39, 0.29) is 46.5 Å². The zero-order chi connectivity index (χ0) is 42.4. The van der Waals surface area contributed by atoms with Crippen LogP contribution in [0.25, 0.3) is 32.7 Å². The van der Waals surface area contributed by atoms with Gasteiger partial charge in [-0.15, -0.1) is 47.9 Å². The van der Waals surface area contributed by atoms with Crippen LogP contribution >= 0.6 is 48.0 Å². The van der Waals surface area contributed by atoms with Gasteiger partial charge in [-0.2, -0.15) is 23.8 Å². The molecule has 0 radical (unpaired) electrons. The number of halogens is 4. The van der Waals surface area contributed by atoms with Gasteiger partial charge in [-0.3, -0.25) is 6.08 Å². The first-order valence-electron chi connectivity index (χ1n) is 20.5. The third-order valence-corrected chi connectivity index (χ3v) is 13.1. The Morgan fingerprint density at radius 1 is 0.550 bits per heavy atom. The Morgan fingerprint density at radius 2 is 1.00 bits per heavy atom. The Labute approximate surface area is 398 Å². The van der Waals surface area contributed by atoms with Gasteiger partial charge in [0.2, 0.25) is 0 Å². The molecule has 0 N–H and O–H groups in total. The molecule has 0 amide bonds. The van der Waals surface area contributed by atoms with E-state index in [0.717, 1.165) is 33.7 Å². The minimum atomic E-state index is 0. The number of fused-ring (bicyclic) bond motifs is 5. The Balaban J connectivity index is 0.000000232. The Kier molecular flexibility index (Phi) is 16.1. The zero-order valence-electron chi connectivity index (χ0n) is 37.4. The van der Waals surface area contributed by atoms with Crippen LogP contribution in [-0.2, 0) is 52.3 Å². The van der Waals surface area contributed by atoms with Gasteiger partial charge in [-0.1, -0.05) is 106 Å². The van der Waals surface area contributed by atoms with Gasteiger partial charge in [0.1, 0.15) is 0 Å². The van der Waals surface area contributed by atoms with Crippen LogP contribution in [0.1, 0.15) is 134 Å². The number of allylic oxidation sites excluding steroid dienone is 4. The molecule has 0 heterocycles. The van der Waals surface area contributed by atoms with Gasteiger partial charge in [-0.05, 0) is 39.4 Å². The maximum atomic E-state index is 6.38. The van der Waals surface area contributed by atoms with Crippen molar-refractivity contribution in [1.29, 1.82) is 0 Å². The van der Waals surface area contributed by atoms with Crippen LogP contribution in [-0.4, -0.2) is 3.21 Å². The molecule has 60 heavy (non-hydrogen) atoms. The molecule has 2 aliphatic rings. The first-order chi connectivity index (χ1) is 27.1. The molecule has 0 atom stereocenters. The van der Waals surface area contributed by atoms with E-state index in [1.54, 1.807) is 0 Å². The monoisotopic (exact) mass is 950 g/mol. The van der Waals surface area contributed by atoms with Gasteiger partial charge in [-0.25, -0.2) is 12.2 Å². The van der Waals surface area contributed by atoms with Crippen molar-refractivity contribution in [2.75, 3.05) is 0 Å². The number of rotatable bonds is 2. The van der Waals surface area contributed by atoms with Crippen LogP contribution in [0.15, 0.2) is 109 Å².